The third-order valence-electron chi connectivity index (χ3n) is 3.59. The SMILES string of the molecule is COc1ccc(OCCNCc2nnc(Cc3ccccc3)o2)cc1. The van der Waals surface area contributed by atoms with Crippen molar-refractivity contribution < 1.29 is 13.9 Å². The molecule has 1 aromatic heterocycles. The van der Waals surface area contributed by atoms with Gasteiger partial charge in [0.2, 0.25) is 11.8 Å². The van der Waals surface area contributed by atoms with Crippen molar-refractivity contribution in [3.8, 4) is 11.5 Å². The van der Waals surface area contributed by atoms with Gasteiger partial charge in [-0.3, -0.25) is 0 Å². The van der Waals surface area contributed by atoms with E-state index >= 15 is 0 Å². The Kier molecular flexibility index (Phi) is 6.01. The fourth-order valence-electron chi connectivity index (χ4n) is 2.31. The number of aromatic nitrogens is 2. The third-order valence-corrected chi connectivity index (χ3v) is 3.59. The Bertz CT molecular complexity index is 757. The molecule has 0 amide bonds. The van der Waals surface area contributed by atoms with Gasteiger partial charge in [0.15, 0.2) is 0 Å². The highest BCUT2D eigenvalue weighted by Gasteiger charge is 2.06. The molecule has 2 aromatic carbocycles. The first-order chi connectivity index (χ1) is 12.3. The van der Waals surface area contributed by atoms with Gasteiger partial charge in [-0.15, -0.1) is 10.2 Å². The first kappa shape index (κ1) is 17.0. The van der Waals surface area contributed by atoms with E-state index in [2.05, 4.69) is 15.5 Å². The molecule has 0 fully saturated rings. The van der Waals surface area contributed by atoms with Gasteiger partial charge in [0.25, 0.3) is 0 Å². The first-order valence-corrected chi connectivity index (χ1v) is 8.16. The third kappa shape index (κ3) is 5.32. The lowest BCUT2D eigenvalue weighted by Gasteiger charge is -2.07. The van der Waals surface area contributed by atoms with E-state index in [9.17, 15) is 0 Å². The molecule has 0 atom stereocenters. The predicted octanol–water partition coefficient (Wildman–Crippen LogP) is 2.84. The lowest BCUT2D eigenvalue weighted by Crippen LogP contribution is -2.20. The molecule has 25 heavy (non-hydrogen) atoms. The average molecular weight is 339 g/mol. The van der Waals surface area contributed by atoms with E-state index in [1.165, 1.54) is 0 Å². The quantitative estimate of drug-likeness (QED) is 0.605. The van der Waals surface area contributed by atoms with Crippen LogP contribution in [0.4, 0.5) is 0 Å². The molecule has 0 unspecified atom stereocenters. The number of ether oxygens (including phenoxy) is 2. The van der Waals surface area contributed by atoms with Crippen LogP contribution in [0.25, 0.3) is 0 Å². The summed E-state index contributed by atoms with van der Waals surface area (Å²) >= 11 is 0. The predicted molar refractivity (Wildman–Crippen MR) is 93.7 cm³/mol. The fourth-order valence-corrected chi connectivity index (χ4v) is 2.31. The minimum Gasteiger partial charge on any atom is -0.497 e. The Morgan fingerprint density at radius 1 is 0.920 bits per heavy atom. The van der Waals surface area contributed by atoms with E-state index in [1.807, 2.05) is 54.6 Å². The molecular weight excluding hydrogens is 318 g/mol. The zero-order valence-electron chi connectivity index (χ0n) is 14.1. The largest absolute Gasteiger partial charge is 0.497 e. The molecule has 0 aliphatic carbocycles. The van der Waals surface area contributed by atoms with Crippen molar-refractivity contribution in [2.45, 2.75) is 13.0 Å². The van der Waals surface area contributed by atoms with Crippen LogP contribution in [-0.4, -0.2) is 30.5 Å². The van der Waals surface area contributed by atoms with Gasteiger partial charge >= 0.3 is 0 Å². The van der Waals surface area contributed by atoms with Gasteiger partial charge in [0.05, 0.1) is 20.1 Å². The second-order valence-corrected chi connectivity index (χ2v) is 5.45. The van der Waals surface area contributed by atoms with Crippen LogP contribution in [0.2, 0.25) is 0 Å². The maximum Gasteiger partial charge on any atom is 0.230 e. The van der Waals surface area contributed by atoms with Gasteiger partial charge in [-0.05, 0) is 29.8 Å². The van der Waals surface area contributed by atoms with Crippen molar-refractivity contribution in [2.24, 2.45) is 0 Å². The molecule has 3 rings (SSSR count). The first-order valence-electron chi connectivity index (χ1n) is 8.16. The van der Waals surface area contributed by atoms with Crippen LogP contribution in [0, 0.1) is 0 Å². The zero-order chi connectivity index (χ0) is 17.3. The summed E-state index contributed by atoms with van der Waals surface area (Å²) in [5.41, 5.74) is 1.15. The van der Waals surface area contributed by atoms with Crippen LogP contribution in [0.1, 0.15) is 17.3 Å². The van der Waals surface area contributed by atoms with Gasteiger partial charge < -0.3 is 19.2 Å². The Morgan fingerprint density at radius 2 is 1.64 bits per heavy atom. The number of nitrogens with zero attached hydrogens (tertiary/aromatic N) is 2. The molecule has 0 saturated heterocycles. The molecule has 1 N–H and O–H groups in total. The molecule has 6 heteroatoms. The van der Waals surface area contributed by atoms with Gasteiger partial charge in [-0.2, -0.15) is 0 Å². The van der Waals surface area contributed by atoms with Gasteiger partial charge in [0, 0.05) is 6.54 Å². The van der Waals surface area contributed by atoms with Crippen LogP contribution < -0.4 is 14.8 Å². The number of hydrogen-bond acceptors (Lipinski definition) is 6. The Balaban J connectivity index is 1.36. The normalized spacial score (nSPS) is 10.6. The smallest absolute Gasteiger partial charge is 0.230 e. The van der Waals surface area contributed by atoms with E-state index in [4.69, 9.17) is 13.9 Å². The van der Waals surface area contributed by atoms with Crippen molar-refractivity contribution in [3.05, 3.63) is 71.9 Å². The monoisotopic (exact) mass is 339 g/mol. The van der Waals surface area contributed by atoms with Crippen molar-refractivity contribution in [2.75, 3.05) is 20.3 Å². The summed E-state index contributed by atoms with van der Waals surface area (Å²) in [6, 6.07) is 17.6. The summed E-state index contributed by atoms with van der Waals surface area (Å²) in [6.45, 7) is 1.76. The molecule has 0 radical (unpaired) electrons. The number of benzene rings is 2. The molecule has 0 bridgehead atoms. The second kappa shape index (κ2) is 8.84. The van der Waals surface area contributed by atoms with Crippen LogP contribution in [0.3, 0.4) is 0 Å². The molecule has 6 nitrogen and oxygen atoms in total. The number of nitrogens with one attached hydrogen (secondary N) is 1. The molecule has 3 aromatic rings. The van der Waals surface area contributed by atoms with Gasteiger partial charge in [-0.1, -0.05) is 30.3 Å². The Labute approximate surface area is 146 Å². The van der Waals surface area contributed by atoms with Crippen LogP contribution in [-0.2, 0) is 13.0 Å². The van der Waals surface area contributed by atoms with Crippen molar-refractivity contribution in [1.82, 2.24) is 15.5 Å². The van der Waals surface area contributed by atoms with E-state index in [1.54, 1.807) is 7.11 Å². The fraction of sp³-hybridized carbons (Fsp3) is 0.263. The van der Waals surface area contributed by atoms with Crippen molar-refractivity contribution >= 4 is 0 Å². The van der Waals surface area contributed by atoms with Crippen LogP contribution in [0.15, 0.2) is 59.0 Å². The molecule has 0 spiro atoms. The van der Waals surface area contributed by atoms with E-state index in [-0.39, 0.29) is 0 Å². The molecule has 0 aliphatic rings. The van der Waals surface area contributed by atoms with Gasteiger partial charge in [0.1, 0.15) is 18.1 Å². The molecular formula is C19H21N3O3. The minimum atomic E-state index is 0.522. The maximum atomic E-state index is 5.64. The maximum absolute atomic E-state index is 5.64. The minimum absolute atomic E-state index is 0.522. The van der Waals surface area contributed by atoms with Gasteiger partial charge in [-0.25, -0.2) is 0 Å². The highest BCUT2D eigenvalue weighted by molar-refractivity contribution is 5.31. The molecule has 130 valence electrons. The lowest BCUT2D eigenvalue weighted by molar-refractivity contribution is 0.309. The van der Waals surface area contributed by atoms with Crippen LogP contribution in [0.5, 0.6) is 11.5 Å². The van der Waals surface area contributed by atoms with E-state index < -0.39 is 0 Å². The standard InChI is InChI=1S/C19H21N3O3/c1-23-16-7-9-17(10-8-16)24-12-11-20-14-19-22-21-18(25-19)13-15-5-3-2-4-6-15/h2-10,20H,11-14H2,1H3. The summed E-state index contributed by atoms with van der Waals surface area (Å²) < 4.78 is 16.4. The lowest BCUT2D eigenvalue weighted by atomic mass is 10.2. The zero-order valence-corrected chi connectivity index (χ0v) is 14.1. The second-order valence-electron chi connectivity index (χ2n) is 5.45. The Hall–Kier alpha value is -2.86. The summed E-state index contributed by atoms with van der Waals surface area (Å²) in [6.07, 6.45) is 0.647. The molecule has 1 heterocycles. The summed E-state index contributed by atoms with van der Waals surface area (Å²) in [4.78, 5) is 0. The summed E-state index contributed by atoms with van der Waals surface area (Å²) in [7, 11) is 1.64. The van der Waals surface area contributed by atoms with Crippen molar-refractivity contribution in [3.63, 3.8) is 0 Å². The number of rotatable bonds is 9. The molecule has 0 saturated carbocycles. The summed E-state index contributed by atoms with van der Waals surface area (Å²) in [5, 5.41) is 11.4. The highest BCUT2D eigenvalue weighted by Crippen LogP contribution is 2.16. The molecule has 0 aliphatic heterocycles. The van der Waals surface area contributed by atoms with Crippen molar-refractivity contribution in [1.29, 1.82) is 0 Å². The average Bonchev–Trinajstić information content (AvgIpc) is 3.10. The van der Waals surface area contributed by atoms with Crippen LogP contribution >= 0.6 is 0 Å². The summed E-state index contributed by atoms with van der Waals surface area (Å²) in [5.74, 6) is 2.83. The van der Waals surface area contributed by atoms with E-state index in [0.29, 0.717) is 37.9 Å². The number of hydrogen-bond donors (Lipinski definition) is 1. The Morgan fingerprint density at radius 3 is 2.40 bits per heavy atom. The highest BCUT2D eigenvalue weighted by atomic mass is 16.5. The number of methoxy groups -OCH3 is 1. The van der Waals surface area contributed by atoms with E-state index in [0.717, 1.165) is 17.1 Å². The topological polar surface area (TPSA) is 69.4 Å².